The Labute approximate surface area is 207 Å². The molecule has 0 saturated carbocycles. The molecule has 0 aliphatic heterocycles. The van der Waals surface area contributed by atoms with Gasteiger partial charge in [0.05, 0.1) is 27.7 Å². The van der Waals surface area contributed by atoms with Crippen molar-refractivity contribution in [1.82, 2.24) is 14.5 Å². The van der Waals surface area contributed by atoms with E-state index in [0.29, 0.717) is 35.3 Å². The van der Waals surface area contributed by atoms with Gasteiger partial charge >= 0.3 is 12.4 Å². The number of hydrogen-bond acceptors (Lipinski definition) is 4. The number of hydrogen-bond donors (Lipinski definition) is 0. The number of carbonyl (C=O) groups excluding carboxylic acids is 1. The number of aryl methyl sites for hydroxylation is 1. The summed E-state index contributed by atoms with van der Waals surface area (Å²) in [5.74, 6) is -1.01. The van der Waals surface area contributed by atoms with E-state index in [-0.39, 0.29) is 17.7 Å². The fourth-order valence-electron chi connectivity index (χ4n) is 3.35. The van der Waals surface area contributed by atoms with Crippen molar-refractivity contribution in [1.29, 1.82) is 0 Å². The van der Waals surface area contributed by atoms with E-state index >= 15 is 0 Å². The summed E-state index contributed by atoms with van der Waals surface area (Å²) >= 11 is 4.45. The third-order valence-electron chi connectivity index (χ3n) is 5.01. The molecule has 35 heavy (non-hydrogen) atoms. The number of fused-ring (bicyclic) bond motifs is 1. The minimum absolute atomic E-state index is 0.00459. The van der Waals surface area contributed by atoms with E-state index in [1.54, 1.807) is 41.5 Å². The van der Waals surface area contributed by atoms with Crippen LogP contribution < -0.4 is 4.90 Å². The molecule has 1 amide bonds. The van der Waals surface area contributed by atoms with Crippen LogP contribution in [0.15, 0.2) is 59.6 Å². The Balaban J connectivity index is 1.74. The lowest BCUT2D eigenvalue weighted by molar-refractivity contribution is -0.143. The van der Waals surface area contributed by atoms with Gasteiger partial charge in [0.1, 0.15) is 0 Å². The van der Waals surface area contributed by atoms with Gasteiger partial charge < -0.3 is 4.57 Å². The highest BCUT2D eigenvalue weighted by atomic mass is 79.9. The molecule has 184 valence electrons. The molecule has 0 atom stereocenters. The van der Waals surface area contributed by atoms with Crippen LogP contribution in [0, 0.1) is 0 Å². The van der Waals surface area contributed by atoms with Gasteiger partial charge in [-0.2, -0.15) is 26.3 Å². The smallest absolute Gasteiger partial charge is 0.337 e. The predicted molar refractivity (Wildman–Crippen MR) is 122 cm³/mol. The number of nitrogens with zero attached hydrogens (tertiary/aromatic N) is 4. The molecular weight excluding hydrogens is 562 g/mol. The Morgan fingerprint density at radius 3 is 2.31 bits per heavy atom. The minimum Gasteiger partial charge on any atom is -0.337 e. The Bertz CT molecular complexity index is 1320. The molecule has 0 fully saturated rings. The van der Waals surface area contributed by atoms with Crippen LogP contribution in [-0.4, -0.2) is 27.0 Å². The maximum atomic E-state index is 13.4. The number of imidazole rings is 1. The standard InChI is InChI=1S/C22H15BrF6N4OS/c23-16-2-3-17-18(11-16)35-20(31-17)33(6-1-5-32-7-4-30-12-32)19(34)13-8-14(21(24,25)26)10-15(9-13)22(27,28)29/h2-4,7-12H,1,5-6H2. The van der Waals surface area contributed by atoms with E-state index in [4.69, 9.17) is 0 Å². The van der Waals surface area contributed by atoms with E-state index < -0.39 is 35.0 Å². The maximum Gasteiger partial charge on any atom is 0.416 e. The number of halogens is 7. The number of anilines is 1. The zero-order chi connectivity index (χ0) is 25.4. The number of benzene rings is 2. The molecule has 0 unspecified atom stereocenters. The Hall–Kier alpha value is -2.93. The third-order valence-corrected chi connectivity index (χ3v) is 6.54. The average Bonchev–Trinajstić information content (AvgIpc) is 3.44. The summed E-state index contributed by atoms with van der Waals surface area (Å²) in [6.45, 7) is 0.437. The SMILES string of the molecule is O=C(c1cc(C(F)(F)F)cc(C(F)(F)F)c1)N(CCCn1ccnc1)c1nc2ccc(Br)cc2s1. The molecule has 4 aromatic rings. The maximum absolute atomic E-state index is 13.4. The van der Waals surface area contributed by atoms with Crippen molar-refractivity contribution in [3.8, 4) is 0 Å². The van der Waals surface area contributed by atoms with Crippen LogP contribution >= 0.6 is 27.3 Å². The molecule has 0 radical (unpaired) electrons. The molecule has 2 aromatic heterocycles. The van der Waals surface area contributed by atoms with Gasteiger partial charge in [0, 0.05) is 35.5 Å². The van der Waals surface area contributed by atoms with E-state index in [9.17, 15) is 31.1 Å². The highest BCUT2D eigenvalue weighted by molar-refractivity contribution is 9.10. The lowest BCUT2D eigenvalue weighted by Crippen LogP contribution is -2.33. The number of amides is 1. The van der Waals surface area contributed by atoms with Crippen molar-refractivity contribution in [3.05, 3.63) is 76.3 Å². The molecule has 2 heterocycles. The summed E-state index contributed by atoms with van der Waals surface area (Å²) in [7, 11) is 0. The third kappa shape index (κ3) is 5.84. The highest BCUT2D eigenvalue weighted by Gasteiger charge is 2.38. The van der Waals surface area contributed by atoms with Crippen LogP contribution in [0.4, 0.5) is 31.5 Å². The molecule has 0 aliphatic carbocycles. The van der Waals surface area contributed by atoms with E-state index in [2.05, 4.69) is 25.9 Å². The van der Waals surface area contributed by atoms with Crippen molar-refractivity contribution < 1.29 is 31.1 Å². The molecule has 4 rings (SSSR count). The van der Waals surface area contributed by atoms with Gasteiger partial charge in [0.15, 0.2) is 5.13 Å². The predicted octanol–water partition coefficient (Wildman–Crippen LogP) is 7.03. The Kier molecular flexibility index (Phi) is 6.91. The summed E-state index contributed by atoms with van der Waals surface area (Å²) in [6, 6.07) is 6.06. The van der Waals surface area contributed by atoms with E-state index in [1.807, 2.05) is 0 Å². The second-order valence-corrected chi connectivity index (χ2v) is 9.44. The molecule has 0 N–H and O–H groups in total. The summed E-state index contributed by atoms with van der Waals surface area (Å²) in [6.07, 6.45) is -4.95. The number of thiazole rings is 1. The molecule has 2 aromatic carbocycles. The zero-order valence-electron chi connectivity index (χ0n) is 17.6. The first-order valence-electron chi connectivity index (χ1n) is 10.0. The molecular formula is C22H15BrF6N4OS. The average molecular weight is 577 g/mol. The normalized spacial score (nSPS) is 12.3. The quantitative estimate of drug-likeness (QED) is 0.231. The van der Waals surface area contributed by atoms with Gasteiger partial charge in [-0.3, -0.25) is 9.69 Å². The first-order chi connectivity index (χ1) is 16.4. The zero-order valence-corrected chi connectivity index (χ0v) is 20.0. The van der Waals surface area contributed by atoms with E-state index in [1.165, 1.54) is 0 Å². The van der Waals surface area contributed by atoms with Crippen molar-refractivity contribution in [2.45, 2.75) is 25.3 Å². The van der Waals surface area contributed by atoms with Crippen LogP contribution in [0.1, 0.15) is 27.9 Å². The van der Waals surface area contributed by atoms with Gasteiger partial charge in [-0.1, -0.05) is 27.3 Å². The van der Waals surface area contributed by atoms with Crippen LogP contribution in [0.25, 0.3) is 10.2 Å². The fourth-order valence-corrected chi connectivity index (χ4v) is 4.89. The monoisotopic (exact) mass is 576 g/mol. The topological polar surface area (TPSA) is 51.0 Å². The first-order valence-corrected chi connectivity index (χ1v) is 11.7. The van der Waals surface area contributed by atoms with Crippen molar-refractivity contribution >= 4 is 48.5 Å². The lowest BCUT2D eigenvalue weighted by Gasteiger charge is -2.21. The molecule has 0 spiro atoms. The Morgan fingerprint density at radius 2 is 1.71 bits per heavy atom. The second-order valence-electron chi connectivity index (χ2n) is 7.51. The molecule has 13 heteroatoms. The van der Waals surface area contributed by atoms with Gasteiger partial charge in [-0.05, 0) is 42.8 Å². The lowest BCUT2D eigenvalue weighted by atomic mass is 10.0. The number of aromatic nitrogens is 3. The molecule has 0 aliphatic rings. The Morgan fingerprint density at radius 1 is 1.03 bits per heavy atom. The summed E-state index contributed by atoms with van der Waals surface area (Å²) in [5, 5.41) is 0.166. The summed E-state index contributed by atoms with van der Waals surface area (Å²) in [4.78, 5) is 22.8. The molecule has 0 bridgehead atoms. The van der Waals surface area contributed by atoms with Crippen LogP contribution in [0.5, 0.6) is 0 Å². The van der Waals surface area contributed by atoms with Crippen LogP contribution in [0.2, 0.25) is 0 Å². The fraction of sp³-hybridized carbons (Fsp3) is 0.227. The highest BCUT2D eigenvalue weighted by Crippen LogP contribution is 2.37. The molecule has 0 saturated heterocycles. The first kappa shape index (κ1) is 25.2. The van der Waals surface area contributed by atoms with Crippen molar-refractivity contribution in [2.24, 2.45) is 0 Å². The van der Waals surface area contributed by atoms with Crippen LogP contribution in [0.3, 0.4) is 0 Å². The molecule has 5 nitrogen and oxygen atoms in total. The van der Waals surface area contributed by atoms with Gasteiger partial charge in [0.2, 0.25) is 0 Å². The van der Waals surface area contributed by atoms with Gasteiger partial charge in [-0.25, -0.2) is 9.97 Å². The van der Waals surface area contributed by atoms with Gasteiger partial charge in [0.25, 0.3) is 5.91 Å². The number of alkyl halides is 6. The number of rotatable bonds is 6. The van der Waals surface area contributed by atoms with Crippen LogP contribution in [-0.2, 0) is 18.9 Å². The van der Waals surface area contributed by atoms with Gasteiger partial charge in [-0.15, -0.1) is 0 Å². The number of carbonyl (C=O) groups is 1. The van der Waals surface area contributed by atoms with Crippen molar-refractivity contribution in [3.63, 3.8) is 0 Å². The second kappa shape index (κ2) is 9.61. The summed E-state index contributed by atoms with van der Waals surface area (Å²) < 4.78 is 83.3. The minimum atomic E-state index is -5.06. The van der Waals surface area contributed by atoms with E-state index in [0.717, 1.165) is 20.7 Å². The summed E-state index contributed by atoms with van der Waals surface area (Å²) in [5.41, 5.74) is -3.29. The van der Waals surface area contributed by atoms with Crippen molar-refractivity contribution in [2.75, 3.05) is 11.4 Å². The largest absolute Gasteiger partial charge is 0.416 e.